The molecule has 0 bridgehead atoms. The number of aryl methyl sites for hydroxylation is 2. The van der Waals surface area contributed by atoms with Crippen molar-refractivity contribution >= 4 is 23.0 Å². The first kappa shape index (κ1) is 23.0. The van der Waals surface area contributed by atoms with Crippen molar-refractivity contribution in [2.24, 2.45) is 5.92 Å². The topological polar surface area (TPSA) is 39.0 Å². The van der Waals surface area contributed by atoms with Crippen molar-refractivity contribution in [3.8, 4) is 17.0 Å². The molecule has 1 unspecified atom stereocenters. The fourth-order valence-corrected chi connectivity index (χ4v) is 5.40. The highest BCUT2D eigenvalue weighted by Crippen LogP contribution is 2.39. The highest BCUT2D eigenvalue weighted by molar-refractivity contribution is 7.98. The Labute approximate surface area is 196 Å². The molecule has 1 fully saturated rings. The minimum atomic E-state index is 0.293. The number of hydrogen-bond donors (Lipinski definition) is 0. The summed E-state index contributed by atoms with van der Waals surface area (Å²) in [4.78, 5) is 2.50. The van der Waals surface area contributed by atoms with Crippen LogP contribution in [0.5, 0.6) is 5.75 Å². The van der Waals surface area contributed by atoms with Gasteiger partial charge in [0.05, 0.1) is 30.1 Å². The number of aromatic nitrogens is 2. The van der Waals surface area contributed by atoms with E-state index in [1.807, 2.05) is 0 Å². The molecule has 2 aromatic heterocycles. The van der Waals surface area contributed by atoms with Gasteiger partial charge in [0, 0.05) is 25.3 Å². The minimum absolute atomic E-state index is 0.293. The van der Waals surface area contributed by atoms with Gasteiger partial charge < -0.3 is 14.4 Å². The van der Waals surface area contributed by atoms with Crippen LogP contribution >= 0.6 is 11.8 Å². The first-order chi connectivity index (χ1) is 15.4. The van der Waals surface area contributed by atoms with Crippen LogP contribution in [0.2, 0.25) is 0 Å². The van der Waals surface area contributed by atoms with Gasteiger partial charge >= 0.3 is 0 Å². The van der Waals surface area contributed by atoms with E-state index in [1.54, 1.807) is 18.9 Å². The zero-order valence-corrected chi connectivity index (χ0v) is 21.0. The summed E-state index contributed by atoms with van der Waals surface area (Å²) in [5, 5.41) is 6.15. The molecule has 32 heavy (non-hydrogen) atoms. The lowest BCUT2D eigenvalue weighted by Gasteiger charge is -2.29. The molecule has 6 heteroatoms. The Morgan fingerprint density at radius 3 is 2.75 bits per heavy atom. The molecule has 3 aromatic rings. The second-order valence-electron chi connectivity index (χ2n) is 9.16. The third-order valence-corrected chi connectivity index (χ3v) is 6.73. The van der Waals surface area contributed by atoms with Crippen LogP contribution in [0.4, 0.5) is 5.69 Å². The second kappa shape index (κ2) is 9.75. The zero-order chi connectivity index (χ0) is 22.8. The number of rotatable bonds is 8. The maximum atomic E-state index is 6.01. The van der Waals surface area contributed by atoms with E-state index < -0.39 is 0 Å². The van der Waals surface area contributed by atoms with Crippen LogP contribution in [0.25, 0.3) is 16.8 Å². The van der Waals surface area contributed by atoms with E-state index in [0.717, 1.165) is 60.1 Å². The molecule has 3 heterocycles. The molecular formula is C26H35N3O2S. The average Bonchev–Trinajstić information content (AvgIpc) is 3.39. The summed E-state index contributed by atoms with van der Waals surface area (Å²) in [5.41, 5.74) is 6.89. The van der Waals surface area contributed by atoms with Gasteiger partial charge in [-0.05, 0) is 68.2 Å². The van der Waals surface area contributed by atoms with Crippen molar-refractivity contribution < 1.29 is 9.47 Å². The molecule has 0 N–H and O–H groups in total. The number of benzene rings is 1. The summed E-state index contributed by atoms with van der Waals surface area (Å²) in [7, 11) is 1.74. The van der Waals surface area contributed by atoms with Gasteiger partial charge in [-0.3, -0.25) is 0 Å². The molecule has 0 radical (unpaired) electrons. The highest BCUT2D eigenvalue weighted by atomic mass is 32.2. The Bertz CT molecular complexity index is 1090. The molecule has 0 saturated carbocycles. The lowest BCUT2D eigenvalue weighted by atomic mass is 10.0. The highest BCUT2D eigenvalue weighted by Gasteiger charge is 2.26. The summed E-state index contributed by atoms with van der Waals surface area (Å²) >= 11 is 1.71. The number of pyridine rings is 1. The van der Waals surface area contributed by atoms with Crippen molar-refractivity contribution in [1.82, 2.24) is 9.61 Å². The molecule has 5 nitrogen and oxygen atoms in total. The Morgan fingerprint density at radius 2 is 2.09 bits per heavy atom. The maximum Gasteiger partial charge on any atom is 0.142 e. The van der Waals surface area contributed by atoms with Gasteiger partial charge in [0.15, 0.2) is 0 Å². The van der Waals surface area contributed by atoms with Crippen LogP contribution in [-0.4, -0.2) is 48.8 Å². The molecule has 4 rings (SSSR count). The number of fused-ring (bicyclic) bond motifs is 1. The van der Waals surface area contributed by atoms with E-state index in [2.05, 4.69) is 73.7 Å². The van der Waals surface area contributed by atoms with E-state index in [-0.39, 0.29) is 0 Å². The molecule has 1 atom stereocenters. The van der Waals surface area contributed by atoms with E-state index in [4.69, 9.17) is 14.6 Å². The largest absolute Gasteiger partial charge is 0.496 e. The molecule has 0 amide bonds. The number of ether oxygens (including phenoxy) is 2. The molecule has 0 aliphatic carbocycles. The van der Waals surface area contributed by atoms with Crippen LogP contribution in [0, 0.1) is 19.8 Å². The van der Waals surface area contributed by atoms with Crippen LogP contribution in [-0.2, 0) is 4.74 Å². The lowest BCUT2D eigenvalue weighted by Crippen LogP contribution is -2.35. The Balaban J connectivity index is 1.88. The van der Waals surface area contributed by atoms with E-state index in [0.29, 0.717) is 12.0 Å². The number of hydrogen-bond acceptors (Lipinski definition) is 5. The summed E-state index contributed by atoms with van der Waals surface area (Å²) in [6, 6.07) is 10.8. The summed E-state index contributed by atoms with van der Waals surface area (Å²) in [6.45, 7) is 11.6. The van der Waals surface area contributed by atoms with Gasteiger partial charge in [0.2, 0.25) is 0 Å². The number of thioether (sulfide) groups is 1. The third kappa shape index (κ3) is 4.48. The third-order valence-electron chi connectivity index (χ3n) is 6.06. The molecule has 1 saturated heterocycles. The Kier molecular flexibility index (Phi) is 7.01. The summed E-state index contributed by atoms with van der Waals surface area (Å²) < 4.78 is 13.9. The predicted octanol–water partition coefficient (Wildman–Crippen LogP) is 5.99. The van der Waals surface area contributed by atoms with Gasteiger partial charge in [0.25, 0.3) is 0 Å². The van der Waals surface area contributed by atoms with E-state index >= 15 is 0 Å². The second-order valence-corrected chi connectivity index (χ2v) is 9.95. The zero-order valence-electron chi connectivity index (χ0n) is 20.1. The standard InChI is InChI=1S/C26H35N3O2S/c1-17(2)15-28(16-20-9-8-12-31-20)25-22-11-7-10-21(29(22)27-26(25)32-6)24-19(4)13-18(3)14-23(24)30-5/h7,10-11,13-14,17,20H,8-9,12,15-16H2,1-6H3. The van der Waals surface area contributed by atoms with Crippen LogP contribution in [0.3, 0.4) is 0 Å². The van der Waals surface area contributed by atoms with Crippen molar-refractivity contribution in [3.05, 3.63) is 41.5 Å². The fourth-order valence-electron chi connectivity index (χ4n) is 4.81. The van der Waals surface area contributed by atoms with Gasteiger partial charge in [-0.2, -0.15) is 5.10 Å². The first-order valence-corrected chi connectivity index (χ1v) is 12.7. The molecule has 172 valence electrons. The van der Waals surface area contributed by atoms with Crippen LogP contribution in [0.15, 0.2) is 35.4 Å². The van der Waals surface area contributed by atoms with Gasteiger partial charge in [-0.25, -0.2) is 4.52 Å². The van der Waals surface area contributed by atoms with Crippen molar-refractivity contribution in [1.29, 1.82) is 0 Å². The summed E-state index contributed by atoms with van der Waals surface area (Å²) in [5.74, 6) is 1.43. The molecule has 1 aliphatic rings. The van der Waals surface area contributed by atoms with E-state index in [1.165, 1.54) is 16.8 Å². The number of methoxy groups -OCH3 is 1. The molecule has 1 aromatic carbocycles. The smallest absolute Gasteiger partial charge is 0.142 e. The van der Waals surface area contributed by atoms with Crippen LogP contribution in [0.1, 0.15) is 37.8 Å². The normalized spacial score (nSPS) is 16.3. The first-order valence-electron chi connectivity index (χ1n) is 11.5. The quantitative estimate of drug-likeness (QED) is 0.392. The molecular weight excluding hydrogens is 418 g/mol. The van der Waals surface area contributed by atoms with Crippen LogP contribution < -0.4 is 9.64 Å². The van der Waals surface area contributed by atoms with Crippen molar-refractivity contribution in [2.45, 2.75) is 51.7 Å². The van der Waals surface area contributed by atoms with Crippen molar-refractivity contribution in [3.63, 3.8) is 0 Å². The molecule has 0 spiro atoms. The fraction of sp³-hybridized carbons (Fsp3) is 0.500. The molecule has 1 aliphatic heterocycles. The monoisotopic (exact) mass is 453 g/mol. The predicted molar refractivity (Wildman–Crippen MR) is 134 cm³/mol. The van der Waals surface area contributed by atoms with Gasteiger partial charge in [-0.1, -0.05) is 26.0 Å². The lowest BCUT2D eigenvalue weighted by molar-refractivity contribution is 0.115. The number of nitrogens with zero attached hydrogens (tertiary/aromatic N) is 3. The van der Waals surface area contributed by atoms with E-state index in [9.17, 15) is 0 Å². The van der Waals surface area contributed by atoms with Crippen molar-refractivity contribution in [2.75, 3.05) is 38.0 Å². The Morgan fingerprint density at radius 1 is 1.28 bits per heavy atom. The minimum Gasteiger partial charge on any atom is -0.496 e. The Hall–Kier alpha value is -2.18. The number of anilines is 1. The van der Waals surface area contributed by atoms with Gasteiger partial charge in [-0.15, -0.1) is 11.8 Å². The van der Waals surface area contributed by atoms with Gasteiger partial charge in [0.1, 0.15) is 10.8 Å². The average molecular weight is 454 g/mol. The summed E-state index contributed by atoms with van der Waals surface area (Å²) in [6.07, 6.45) is 4.69. The maximum absolute atomic E-state index is 6.01. The SMILES string of the molecule is COc1cc(C)cc(C)c1-c1cccc2c(N(CC(C)C)CC3CCCO3)c(SC)nn12.